The summed E-state index contributed by atoms with van der Waals surface area (Å²) in [6.07, 6.45) is 2.22. The first kappa shape index (κ1) is 34.0. The first-order valence-electron chi connectivity index (χ1n) is 16.5. The van der Waals surface area contributed by atoms with Gasteiger partial charge in [0.25, 0.3) is 0 Å². The average molecular weight is 741 g/mol. The van der Waals surface area contributed by atoms with Crippen LogP contribution in [-0.4, -0.2) is 3.21 Å². The third-order valence-electron chi connectivity index (χ3n) is 8.73. The average Bonchev–Trinajstić information content (AvgIpc) is 3.74. The fraction of sp³-hybridized carbons (Fsp3) is 0.0889. The summed E-state index contributed by atoms with van der Waals surface area (Å²) in [6.45, 7) is 4.41. The van der Waals surface area contributed by atoms with Gasteiger partial charge in [0.05, 0.1) is 0 Å². The SMILES string of the molecule is CCc1ccc2c(c1)[cH-]c1cc(CC)ccc12.[Cl][Zr]([Cl])=[C](c1ccccc1)c1ccccc1.c1ccc(-c2c[cH-]c3ccccc23)cc1. The molecule has 0 aliphatic heterocycles. The fourth-order valence-corrected chi connectivity index (χ4v) is 10.6. The number of halogens is 2. The first-order chi connectivity index (χ1) is 23.6. The normalized spacial score (nSPS) is 10.7. The molecule has 8 aromatic rings. The van der Waals surface area contributed by atoms with Crippen molar-refractivity contribution in [2.45, 2.75) is 26.7 Å². The second-order valence-electron chi connectivity index (χ2n) is 11.8. The molecule has 0 spiro atoms. The molecule has 0 aromatic heterocycles. The van der Waals surface area contributed by atoms with E-state index in [4.69, 9.17) is 17.0 Å². The quantitative estimate of drug-likeness (QED) is 0.154. The molecule has 0 aliphatic carbocycles. The molecule has 0 N–H and O–H groups in total. The van der Waals surface area contributed by atoms with Crippen LogP contribution in [-0.2, 0) is 31.7 Å². The molecule has 0 saturated carbocycles. The van der Waals surface area contributed by atoms with Crippen molar-refractivity contribution in [3.8, 4) is 11.1 Å². The summed E-state index contributed by atoms with van der Waals surface area (Å²) < 4.78 is 1.15. The number of hydrogen-bond donors (Lipinski definition) is 0. The Kier molecular flexibility index (Phi) is 11.7. The van der Waals surface area contributed by atoms with Gasteiger partial charge >= 0.3 is 111 Å². The van der Waals surface area contributed by atoms with E-state index in [1.165, 1.54) is 54.6 Å². The molecule has 3 heteroatoms. The Balaban J connectivity index is 0.000000126. The molecular weight excluding hydrogens is 703 g/mol. The van der Waals surface area contributed by atoms with Crippen molar-refractivity contribution in [1.29, 1.82) is 0 Å². The van der Waals surface area contributed by atoms with Crippen LogP contribution in [0.5, 0.6) is 0 Å². The maximum atomic E-state index is 6.24. The molecule has 0 radical (unpaired) electrons. The van der Waals surface area contributed by atoms with Gasteiger partial charge in [-0.1, -0.05) is 91.2 Å². The summed E-state index contributed by atoms with van der Waals surface area (Å²) in [4.78, 5) is 0. The van der Waals surface area contributed by atoms with Crippen LogP contribution in [0.2, 0.25) is 0 Å². The minimum Gasteiger partial charge on any atom is -0.150 e. The Bertz CT molecular complexity index is 2160. The van der Waals surface area contributed by atoms with Crippen LogP contribution >= 0.6 is 17.0 Å². The molecule has 0 unspecified atom stereocenters. The largest absolute Gasteiger partial charge is 0.150 e. The van der Waals surface area contributed by atoms with E-state index in [1.807, 2.05) is 36.4 Å². The molecule has 238 valence electrons. The molecule has 0 aliphatic rings. The molecule has 0 heterocycles. The van der Waals surface area contributed by atoms with Crippen molar-refractivity contribution in [3.05, 3.63) is 192 Å². The van der Waals surface area contributed by atoms with Gasteiger partial charge in [-0.2, -0.15) is 0 Å². The summed E-state index contributed by atoms with van der Waals surface area (Å²) in [5.74, 6) is 0. The third-order valence-corrected chi connectivity index (χ3v) is 13.3. The van der Waals surface area contributed by atoms with Crippen LogP contribution in [0.15, 0.2) is 170 Å². The third kappa shape index (κ3) is 8.04. The smallest absolute Gasteiger partial charge is 0.0623 e. The van der Waals surface area contributed by atoms with Gasteiger partial charge in [-0.25, -0.2) is 0 Å². The summed E-state index contributed by atoms with van der Waals surface area (Å²) in [5.41, 5.74) is 7.75. The number of benzene rings is 6. The van der Waals surface area contributed by atoms with Gasteiger partial charge < -0.3 is 0 Å². The number of fused-ring (bicyclic) bond motifs is 4. The van der Waals surface area contributed by atoms with Crippen molar-refractivity contribution >= 4 is 52.5 Å². The van der Waals surface area contributed by atoms with E-state index in [9.17, 15) is 0 Å². The van der Waals surface area contributed by atoms with Crippen molar-refractivity contribution in [1.82, 2.24) is 0 Å². The minimum absolute atomic E-state index is 1.11. The van der Waals surface area contributed by atoms with Crippen LogP contribution in [0.25, 0.3) is 43.4 Å². The number of rotatable bonds is 5. The molecule has 0 saturated heterocycles. The van der Waals surface area contributed by atoms with Crippen LogP contribution < -0.4 is 0 Å². The van der Waals surface area contributed by atoms with Crippen LogP contribution in [0, 0.1) is 0 Å². The maximum Gasteiger partial charge on any atom is -0.0623 e. The molecule has 8 aromatic carbocycles. The van der Waals surface area contributed by atoms with E-state index in [1.54, 1.807) is 0 Å². The Morgan fingerprint density at radius 1 is 0.521 bits per heavy atom. The van der Waals surface area contributed by atoms with Crippen molar-refractivity contribution in [3.63, 3.8) is 0 Å². The summed E-state index contributed by atoms with van der Waals surface area (Å²) in [5, 5.41) is 8.19. The zero-order chi connectivity index (χ0) is 33.3. The number of aryl methyl sites for hydroxylation is 2. The molecule has 0 fully saturated rings. The van der Waals surface area contributed by atoms with Crippen LogP contribution in [0.1, 0.15) is 36.1 Å². The minimum atomic E-state index is -2.44. The van der Waals surface area contributed by atoms with Gasteiger partial charge in [-0.3, -0.25) is 0 Å². The van der Waals surface area contributed by atoms with E-state index >= 15 is 0 Å². The van der Waals surface area contributed by atoms with Gasteiger partial charge in [0.1, 0.15) is 0 Å². The second kappa shape index (κ2) is 16.5. The standard InChI is InChI=1S/C17H17.C15H11.C13H10.2ClH.Zr/c1-3-12-5-7-16-14(9-12)11-15-10-13(4-2)6-8-17(15)16;1-2-6-12(7-3-1)15-11-10-13-8-4-5-9-14(13)15;1-3-7-12(8-4-1)11-13-9-5-2-6-10-13;;;/h5-11H,3-4H2,1-2H3;1-11H;1-10H;2*1H;/q2*-1;;;;+2/p-2. The van der Waals surface area contributed by atoms with Gasteiger partial charge in [0.15, 0.2) is 0 Å². The zero-order valence-corrected chi connectivity index (χ0v) is 31.3. The van der Waals surface area contributed by atoms with Crippen molar-refractivity contribution < 1.29 is 18.9 Å². The Morgan fingerprint density at radius 3 is 1.50 bits per heavy atom. The Hall–Kier alpha value is -3.87. The van der Waals surface area contributed by atoms with Gasteiger partial charge in [0, 0.05) is 0 Å². The zero-order valence-electron chi connectivity index (χ0n) is 27.3. The predicted molar refractivity (Wildman–Crippen MR) is 209 cm³/mol. The van der Waals surface area contributed by atoms with E-state index in [0.717, 1.165) is 27.2 Å². The molecule has 0 amide bonds. The van der Waals surface area contributed by atoms with Crippen LogP contribution in [0.4, 0.5) is 0 Å². The van der Waals surface area contributed by atoms with Crippen molar-refractivity contribution in [2.24, 2.45) is 0 Å². The monoisotopic (exact) mass is 738 g/mol. The Labute approximate surface area is 299 Å². The fourth-order valence-electron chi connectivity index (χ4n) is 6.18. The Morgan fingerprint density at radius 2 is 1.00 bits per heavy atom. The summed E-state index contributed by atoms with van der Waals surface area (Å²) in [6, 6.07) is 59.7. The summed E-state index contributed by atoms with van der Waals surface area (Å²) in [7, 11) is 12.5. The van der Waals surface area contributed by atoms with Gasteiger partial charge in [-0.05, 0) is 12.8 Å². The van der Waals surface area contributed by atoms with Crippen molar-refractivity contribution in [2.75, 3.05) is 0 Å². The maximum absolute atomic E-state index is 6.24. The van der Waals surface area contributed by atoms with E-state index in [2.05, 4.69) is 147 Å². The topological polar surface area (TPSA) is 0 Å². The van der Waals surface area contributed by atoms with E-state index in [0.29, 0.717) is 0 Å². The van der Waals surface area contributed by atoms with E-state index < -0.39 is 18.9 Å². The van der Waals surface area contributed by atoms with E-state index in [-0.39, 0.29) is 0 Å². The predicted octanol–water partition coefficient (Wildman–Crippen LogP) is 13.2. The molecule has 0 bridgehead atoms. The number of hydrogen-bond acceptors (Lipinski definition) is 0. The molecule has 0 nitrogen and oxygen atoms in total. The molecular formula is C45H38Cl2Zr-2. The molecule has 8 rings (SSSR count). The van der Waals surface area contributed by atoms with Crippen LogP contribution in [0.3, 0.4) is 0 Å². The first-order valence-corrected chi connectivity index (χ1v) is 24.1. The second-order valence-corrected chi connectivity index (χ2v) is 19.9. The molecule has 48 heavy (non-hydrogen) atoms. The van der Waals surface area contributed by atoms with Gasteiger partial charge in [-0.15, -0.1) is 86.4 Å². The molecule has 0 atom stereocenters. The van der Waals surface area contributed by atoms with Gasteiger partial charge in [0.2, 0.25) is 0 Å². The summed E-state index contributed by atoms with van der Waals surface area (Å²) >= 11 is -2.44.